The molecule has 0 amide bonds. The van der Waals surface area contributed by atoms with E-state index >= 15 is 0 Å². The Kier molecular flexibility index (Phi) is 5.22. The first-order valence-corrected chi connectivity index (χ1v) is 13.7. The van der Waals surface area contributed by atoms with Gasteiger partial charge < -0.3 is 0 Å². The third kappa shape index (κ3) is 3.56. The van der Waals surface area contributed by atoms with Crippen molar-refractivity contribution in [3.63, 3.8) is 0 Å². The Morgan fingerprint density at radius 3 is 2.50 bits per heavy atom. The summed E-state index contributed by atoms with van der Waals surface area (Å²) in [4.78, 5) is 5.22. The third-order valence-corrected chi connectivity index (χ3v) is 8.96. The molecule has 0 radical (unpaired) electrons. The van der Waals surface area contributed by atoms with Crippen LogP contribution in [-0.4, -0.2) is 4.98 Å². The highest BCUT2D eigenvalue weighted by Crippen LogP contribution is 2.40. The summed E-state index contributed by atoms with van der Waals surface area (Å²) in [5.74, 6) is 0.689. The van der Waals surface area contributed by atoms with E-state index in [4.69, 9.17) is 4.98 Å². The average Bonchev–Trinajstić information content (AvgIpc) is 3.18. The number of benzene rings is 4. The first-order chi connectivity index (χ1) is 17.8. The normalized spacial score (nSPS) is 15.4. The molecule has 0 spiro atoms. The number of fused-ring (bicyclic) bond motifs is 6. The summed E-state index contributed by atoms with van der Waals surface area (Å²) in [5, 5.41) is 3.92. The Bertz CT molecular complexity index is 1770. The molecule has 0 N–H and O–H groups in total. The van der Waals surface area contributed by atoms with Gasteiger partial charge in [-0.25, -0.2) is 4.98 Å². The first kappa shape index (κ1) is 21.5. The van der Waals surface area contributed by atoms with Crippen molar-refractivity contribution in [1.82, 2.24) is 4.98 Å². The highest BCUT2D eigenvalue weighted by atomic mass is 32.1. The molecule has 2 aromatic heterocycles. The van der Waals surface area contributed by atoms with Crippen molar-refractivity contribution >= 4 is 48.5 Å². The number of allylic oxidation sites excluding steroid dienone is 1. The van der Waals surface area contributed by atoms with Crippen LogP contribution in [0.25, 0.3) is 59.5 Å². The number of thiophene rings is 1. The van der Waals surface area contributed by atoms with Crippen molar-refractivity contribution < 1.29 is 0 Å². The summed E-state index contributed by atoms with van der Waals surface area (Å²) < 4.78 is 2.70. The highest BCUT2D eigenvalue weighted by molar-refractivity contribution is 7.26. The SMILES string of the molecule is CCC1CC=Cc2ccc3ccc(-c4ccc(-c5cccc6c5sc5ccccc56)cc4)nc3c2C1. The third-order valence-electron chi connectivity index (χ3n) is 7.74. The summed E-state index contributed by atoms with van der Waals surface area (Å²) in [6, 6.07) is 33.2. The lowest BCUT2D eigenvalue weighted by molar-refractivity contribution is 0.518. The maximum absolute atomic E-state index is 5.22. The lowest BCUT2D eigenvalue weighted by Crippen LogP contribution is -2.03. The van der Waals surface area contributed by atoms with E-state index in [-0.39, 0.29) is 0 Å². The van der Waals surface area contributed by atoms with Gasteiger partial charge in [0.2, 0.25) is 0 Å². The summed E-state index contributed by atoms with van der Waals surface area (Å²) in [6.45, 7) is 2.30. The van der Waals surface area contributed by atoms with Crippen LogP contribution >= 0.6 is 11.3 Å². The zero-order chi connectivity index (χ0) is 24.1. The highest BCUT2D eigenvalue weighted by Gasteiger charge is 2.16. The molecule has 174 valence electrons. The number of nitrogens with zero attached hydrogens (tertiary/aromatic N) is 1. The van der Waals surface area contributed by atoms with Gasteiger partial charge in [-0.05, 0) is 53.1 Å². The van der Waals surface area contributed by atoms with Gasteiger partial charge in [-0.2, -0.15) is 0 Å². The fourth-order valence-electron chi connectivity index (χ4n) is 5.66. The van der Waals surface area contributed by atoms with Crippen LogP contribution < -0.4 is 0 Å². The molecule has 4 aromatic carbocycles. The van der Waals surface area contributed by atoms with E-state index in [1.807, 2.05) is 11.3 Å². The topological polar surface area (TPSA) is 12.9 Å². The van der Waals surface area contributed by atoms with Gasteiger partial charge >= 0.3 is 0 Å². The first-order valence-electron chi connectivity index (χ1n) is 12.9. The second-order valence-electron chi connectivity index (χ2n) is 9.88. The molecule has 0 saturated carbocycles. The van der Waals surface area contributed by atoms with Gasteiger partial charge in [0.1, 0.15) is 0 Å². The fraction of sp³-hybridized carbons (Fsp3) is 0.147. The molecule has 7 rings (SSSR count). The number of hydrogen-bond acceptors (Lipinski definition) is 2. The van der Waals surface area contributed by atoms with E-state index in [1.54, 1.807) is 0 Å². The molecule has 1 aliphatic rings. The van der Waals surface area contributed by atoms with E-state index < -0.39 is 0 Å². The van der Waals surface area contributed by atoms with Crippen LogP contribution in [0.5, 0.6) is 0 Å². The number of aromatic nitrogens is 1. The summed E-state index contributed by atoms with van der Waals surface area (Å²) in [7, 11) is 0. The van der Waals surface area contributed by atoms with Crippen LogP contribution in [0, 0.1) is 5.92 Å². The van der Waals surface area contributed by atoms with E-state index in [0.29, 0.717) is 5.92 Å². The van der Waals surface area contributed by atoms with Gasteiger partial charge in [-0.1, -0.05) is 104 Å². The molecule has 0 fully saturated rings. The van der Waals surface area contributed by atoms with Crippen LogP contribution in [0.1, 0.15) is 30.9 Å². The van der Waals surface area contributed by atoms with Gasteiger partial charge in [0.25, 0.3) is 0 Å². The summed E-state index contributed by atoms with van der Waals surface area (Å²) in [5.41, 5.74) is 8.66. The van der Waals surface area contributed by atoms with E-state index in [1.165, 1.54) is 54.2 Å². The number of rotatable bonds is 3. The molecule has 6 aromatic rings. The Morgan fingerprint density at radius 1 is 0.806 bits per heavy atom. The Hall–Kier alpha value is -3.75. The molecule has 0 aliphatic heterocycles. The van der Waals surface area contributed by atoms with E-state index in [9.17, 15) is 0 Å². The maximum Gasteiger partial charge on any atom is 0.0747 e. The van der Waals surface area contributed by atoms with Crippen molar-refractivity contribution in [3.05, 3.63) is 108 Å². The standard InChI is InChI=1S/C34H27NS/c1-2-22-7-5-8-23-15-18-26-19-20-31(35-33(26)30(23)21-22)25-16-13-24(14-17-25)27-10-6-11-29-28-9-3-4-12-32(28)36-34(27)29/h3-6,8-20,22H,2,7,21H2,1H3. The Balaban J connectivity index is 1.30. The molecule has 1 unspecified atom stereocenters. The average molecular weight is 482 g/mol. The number of hydrogen-bond donors (Lipinski definition) is 0. The minimum absolute atomic E-state index is 0.689. The Morgan fingerprint density at radius 2 is 1.61 bits per heavy atom. The predicted octanol–water partition coefficient (Wildman–Crippen LogP) is 9.92. The smallest absolute Gasteiger partial charge is 0.0747 e. The molecule has 1 aliphatic carbocycles. The Labute approximate surface area is 215 Å². The maximum atomic E-state index is 5.22. The molecule has 0 saturated heterocycles. The van der Waals surface area contributed by atoms with E-state index in [2.05, 4.69) is 110 Å². The second-order valence-corrected chi connectivity index (χ2v) is 10.9. The van der Waals surface area contributed by atoms with Gasteiger partial charge in [-0.3, -0.25) is 0 Å². The fourth-order valence-corrected chi connectivity index (χ4v) is 6.90. The van der Waals surface area contributed by atoms with Gasteiger partial charge in [-0.15, -0.1) is 11.3 Å². The molecular weight excluding hydrogens is 454 g/mol. The summed E-state index contributed by atoms with van der Waals surface area (Å²) >= 11 is 1.88. The van der Waals surface area contributed by atoms with Crippen LogP contribution in [-0.2, 0) is 6.42 Å². The van der Waals surface area contributed by atoms with Gasteiger partial charge in [0.15, 0.2) is 0 Å². The largest absolute Gasteiger partial charge is 0.247 e. The molecule has 1 atom stereocenters. The van der Waals surface area contributed by atoms with Gasteiger partial charge in [0, 0.05) is 31.1 Å². The zero-order valence-corrected chi connectivity index (χ0v) is 21.2. The van der Waals surface area contributed by atoms with Gasteiger partial charge in [0.05, 0.1) is 11.2 Å². The van der Waals surface area contributed by atoms with Crippen molar-refractivity contribution in [2.45, 2.75) is 26.2 Å². The van der Waals surface area contributed by atoms with Crippen molar-refractivity contribution in [2.24, 2.45) is 5.92 Å². The lowest BCUT2D eigenvalue weighted by atomic mass is 9.92. The van der Waals surface area contributed by atoms with Crippen LogP contribution in [0.15, 0.2) is 97.1 Å². The molecular formula is C34H27NS. The van der Waals surface area contributed by atoms with Crippen molar-refractivity contribution in [1.29, 1.82) is 0 Å². The minimum atomic E-state index is 0.689. The minimum Gasteiger partial charge on any atom is -0.247 e. The van der Waals surface area contributed by atoms with Crippen LogP contribution in [0.4, 0.5) is 0 Å². The monoisotopic (exact) mass is 481 g/mol. The molecule has 2 heterocycles. The quantitative estimate of drug-likeness (QED) is 0.245. The zero-order valence-electron chi connectivity index (χ0n) is 20.4. The molecule has 0 bridgehead atoms. The number of pyridine rings is 1. The van der Waals surface area contributed by atoms with Crippen LogP contribution in [0.2, 0.25) is 0 Å². The van der Waals surface area contributed by atoms with Crippen molar-refractivity contribution in [2.75, 3.05) is 0 Å². The predicted molar refractivity (Wildman–Crippen MR) is 157 cm³/mol. The van der Waals surface area contributed by atoms with Crippen LogP contribution in [0.3, 0.4) is 0 Å². The van der Waals surface area contributed by atoms with E-state index in [0.717, 1.165) is 29.6 Å². The van der Waals surface area contributed by atoms with Crippen molar-refractivity contribution in [3.8, 4) is 22.4 Å². The lowest BCUT2D eigenvalue weighted by Gasteiger charge is -2.15. The summed E-state index contributed by atoms with van der Waals surface area (Å²) in [6.07, 6.45) is 8.09. The molecule has 2 heteroatoms. The molecule has 36 heavy (non-hydrogen) atoms. The second kappa shape index (κ2) is 8.72. The molecule has 1 nitrogen and oxygen atoms in total.